The average molecular weight is 250 g/mol. The summed E-state index contributed by atoms with van der Waals surface area (Å²) in [7, 11) is 0. The largest absolute Gasteiger partial charge is 0.480 e. The lowest BCUT2D eigenvalue weighted by Gasteiger charge is -2.05. The van der Waals surface area contributed by atoms with Gasteiger partial charge in [-0.25, -0.2) is 4.98 Å². The zero-order chi connectivity index (χ0) is 12.6. The molecule has 0 amide bonds. The van der Waals surface area contributed by atoms with Gasteiger partial charge in [-0.05, 0) is 26.8 Å². The summed E-state index contributed by atoms with van der Waals surface area (Å²) in [5.74, 6) is -0.826. The van der Waals surface area contributed by atoms with Gasteiger partial charge in [0.25, 0.3) is 0 Å². The van der Waals surface area contributed by atoms with E-state index in [2.05, 4.69) is 4.98 Å². The minimum Gasteiger partial charge on any atom is -0.480 e. The molecular formula is C12H14N2O2S. The first kappa shape index (κ1) is 11.9. The molecule has 1 N–H and O–H groups in total. The fourth-order valence-electron chi connectivity index (χ4n) is 1.93. The summed E-state index contributed by atoms with van der Waals surface area (Å²) in [5.41, 5.74) is 3.85. The second-order valence-corrected chi connectivity index (χ2v) is 5.08. The first-order valence-corrected chi connectivity index (χ1v) is 6.18. The normalized spacial score (nSPS) is 10.8. The molecule has 0 aliphatic rings. The molecule has 2 aromatic rings. The van der Waals surface area contributed by atoms with Crippen LogP contribution in [0.1, 0.15) is 16.4 Å². The van der Waals surface area contributed by atoms with Crippen molar-refractivity contribution in [2.45, 2.75) is 27.3 Å². The van der Waals surface area contributed by atoms with Crippen LogP contribution in [0.3, 0.4) is 0 Å². The maximum Gasteiger partial charge on any atom is 0.323 e. The van der Waals surface area contributed by atoms with Crippen molar-refractivity contribution in [3.63, 3.8) is 0 Å². The van der Waals surface area contributed by atoms with Crippen molar-refractivity contribution in [3.8, 4) is 11.3 Å². The average Bonchev–Trinajstić information content (AvgIpc) is 2.76. The Labute approximate surface area is 104 Å². The maximum absolute atomic E-state index is 10.8. The molecule has 0 aliphatic heterocycles. The van der Waals surface area contributed by atoms with Gasteiger partial charge in [0.2, 0.25) is 0 Å². The van der Waals surface area contributed by atoms with Crippen molar-refractivity contribution in [2.75, 3.05) is 0 Å². The third kappa shape index (κ3) is 2.24. The molecule has 0 aliphatic carbocycles. The highest BCUT2D eigenvalue weighted by Crippen LogP contribution is 2.27. The maximum atomic E-state index is 10.8. The molecule has 0 saturated heterocycles. The molecule has 0 spiro atoms. The van der Waals surface area contributed by atoms with E-state index >= 15 is 0 Å². The highest BCUT2D eigenvalue weighted by atomic mass is 32.1. The zero-order valence-electron chi connectivity index (χ0n) is 10.0. The van der Waals surface area contributed by atoms with Crippen LogP contribution in [0.15, 0.2) is 11.4 Å². The zero-order valence-corrected chi connectivity index (χ0v) is 10.8. The second kappa shape index (κ2) is 4.33. The van der Waals surface area contributed by atoms with Crippen LogP contribution in [-0.4, -0.2) is 20.6 Å². The van der Waals surface area contributed by atoms with E-state index in [0.717, 1.165) is 27.7 Å². The molecule has 0 unspecified atom stereocenters. The summed E-state index contributed by atoms with van der Waals surface area (Å²) in [5, 5.41) is 11.9. The summed E-state index contributed by atoms with van der Waals surface area (Å²) in [6, 6.07) is 1.99. The number of thiazole rings is 1. The third-order valence-electron chi connectivity index (χ3n) is 2.76. The fourth-order valence-corrected chi connectivity index (χ4v) is 2.54. The van der Waals surface area contributed by atoms with Gasteiger partial charge in [0.05, 0.1) is 10.7 Å². The molecule has 2 heterocycles. The van der Waals surface area contributed by atoms with Crippen LogP contribution in [0, 0.1) is 20.8 Å². The van der Waals surface area contributed by atoms with Gasteiger partial charge in [-0.3, -0.25) is 4.79 Å². The molecule has 5 heteroatoms. The van der Waals surface area contributed by atoms with Gasteiger partial charge in [0.15, 0.2) is 0 Å². The Hall–Kier alpha value is -1.62. The smallest absolute Gasteiger partial charge is 0.323 e. The van der Waals surface area contributed by atoms with Gasteiger partial charge in [-0.15, -0.1) is 11.3 Å². The molecule has 4 nitrogen and oxygen atoms in total. The number of aryl methyl sites for hydroxylation is 2. The molecule has 0 radical (unpaired) electrons. The van der Waals surface area contributed by atoms with Gasteiger partial charge >= 0.3 is 5.97 Å². The summed E-state index contributed by atoms with van der Waals surface area (Å²) >= 11 is 1.60. The Bertz CT molecular complexity index is 569. The SMILES string of the molecule is Cc1nc(-c2cc(C)n(CC(=O)O)c2C)cs1. The van der Waals surface area contributed by atoms with Crippen LogP contribution in [0.25, 0.3) is 11.3 Å². The molecule has 0 saturated carbocycles. The van der Waals surface area contributed by atoms with Crippen LogP contribution < -0.4 is 0 Å². The topological polar surface area (TPSA) is 55.1 Å². The monoisotopic (exact) mass is 250 g/mol. The van der Waals surface area contributed by atoms with E-state index in [1.165, 1.54) is 0 Å². The highest BCUT2D eigenvalue weighted by molar-refractivity contribution is 7.09. The van der Waals surface area contributed by atoms with Crippen LogP contribution >= 0.6 is 11.3 Å². The first-order valence-electron chi connectivity index (χ1n) is 5.30. The van der Waals surface area contributed by atoms with Crippen LogP contribution in [-0.2, 0) is 11.3 Å². The first-order chi connectivity index (χ1) is 7.99. The van der Waals surface area contributed by atoms with Crippen LogP contribution in [0.5, 0.6) is 0 Å². The second-order valence-electron chi connectivity index (χ2n) is 4.02. The number of carboxylic acids is 1. The molecule has 17 heavy (non-hydrogen) atoms. The van der Waals surface area contributed by atoms with Crippen molar-refractivity contribution in [1.29, 1.82) is 0 Å². The van der Waals surface area contributed by atoms with E-state index < -0.39 is 5.97 Å². The number of carbonyl (C=O) groups is 1. The summed E-state index contributed by atoms with van der Waals surface area (Å²) in [6.45, 7) is 5.81. The molecular weight excluding hydrogens is 236 g/mol. The molecule has 2 aromatic heterocycles. The number of aliphatic carboxylic acids is 1. The third-order valence-corrected chi connectivity index (χ3v) is 3.54. The van der Waals surface area contributed by atoms with Crippen LogP contribution in [0.4, 0.5) is 0 Å². The van der Waals surface area contributed by atoms with Crippen molar-refractivity contribution in [3.05, 3.63) is 27.8 Å². The van der Waals surface area contributed by atoms with Gasteiger partial charge in [0, 0.05) is 22.3 Å². The molecule has 0 bridgehead atoms. The number of nitrogens with zero attached hydrogens (tertiary/aromatic N) is 2. The number of rotatable bonds is 3. The molecule has 0 atom stereocenters. The van der Waals surface area contributed by atoms with Crippen molar-refractivity contribution in [2.24, 2.45) is 0 Å². The standard InChI is InChI=1S/C12H14N2O2S/c1-7-4-10(11-6-17-9(3)13-11)8(2)14(7)5-12(15)16/h4,6H,5H2,1-3H3,(H,15,16). The number of aromatic nitrogens is 2. The molecule has 90 valence electrons. The van der Waals surface area contributed by atoms with E-state index in [1.807, 2.05) is 32.2 Å². The fraction of sp³-hybridized carbons (Fsp3) is 0.333. The van der Waals surface area contributed by atoms with E-state index in [4.69, 9.17) is 5.11 Å². The van der Waals surface area contributed by atoms with E-state index in [-0.39, 0.29) is 6.54 Å². The number of hydrogen-bond acceptors (Lipinski definition) is 3. The van der Waals surface area contributed by atoms with Crippen molar-refractivity contribution >= 4 is 17.3 Å². The molecule has 2 rings (SSSR count). The van der Waals surface area contributed by atoms with Crippen LogP contribution in [0.2, 0.25) is 0 Å². The Morgan fingerprint density at radius 3 is 2.71 bits per heavy atom. The van der Waals surface area contributed by atoms with E-state index in [0.29, 0.717) is 0 Å². The van der Waals surface area contributed by atoms with E-state index in [9.17, 15) is 4.79 Å². The van der Waals surface area contributed by atoms with Crippen molar-refractivity contribution < 1.29 is 9.90 Å². The number of carboxylic acid groups (broad SMARTS) is 1. The lowest BCUT2D eigenvalue weighted by Crippen LogP contribution is -2.11. The van der Waals surface area contributed by atoms with E-state index in [1.54, 1.807) is 15.9 Å². The summed E-state index contributed by atoms with van der Waals surface area (Å²) < 4.78 is 1.80. The van der Waals surface area contributed by atoms with Gasteiger partial charge in [-0.1, -0.05) is 0 Å². The Morgan fingerprint density at radius 2 is 2.18 bits per heavy atom. The Balaban J connectivity index is 2.47. The predicted octanol–water partition coefficient (Wildman–Crippen LogP) is 2.62. The quantitative estimate of drug-likeness (QED) is 0.911. The van der Waals surface area contributed by atoms with Gasteiger partial charge in [0.1, 0.15) is 6.54 Å². The predicted molar refractivity (Wildman–Crippen MR) is 67.4 cm³/mol. The lowest BCUT2D eigenvalue weighted by atomic mass is 10.2. The van der Waals surface area contributed by atoms with Crippen molar-refractivity contribution in [1.82, 2.24) is 9.55 Å². The Kier molecular flexibility index (Phi) is 3.02. The summed E-state index contributed by atoms with van der Waals surface area (Å²) in [6.07, 6.45) is 0. The van der Waals surface area contributed by atoms with Gasteiger partial charge in [-0.2, -0.15) is 0 Å². The minimum atomic E-state index is -0.826. The molecule has 0 aromatic carbocycles. The summed E-state index contributed by atoms with van der Waals surface area (Å²) in [4.78, 5) is 15.2. The Morgan fingerprint density at radius 1 is 1.47 bits per heavy atom. The van der Waals surface area contributed by atoms with Gasteiger partial charge < -0.3 is 9.67 Å². The lowest BCUT2D eigenvalue weighted by molar-refractivity contribution is -0.137. The molecule has 0 fully saturated rings. The number of hydrogen-bond donors (Lipinski definition) is 1. The minimum absolute atomic E-state index is 0.000780. The highest BCUT2D eigenvalue weighted by Gasteiger charge is 2.14.